The minimum atomic E-state index is 1.25. The molecule has 0 saturated heterocycles. The van der Waals surface area contributed by atoms with Crippen molar-refractivity contribution in [3.05, 3.63) is 206 Å². The molecule has 6 aromatic heterocycles. The lowest BCUT2D eigenvalue weighted by atomic mass is 9.98. The van der Waals surface area contributed by atoms with Crippen molar-refractivity contribution in [2.45, 2.75) is 0 Å². The highest BCUT2D eigenvalue weighted by atomic mass is 14.9. The van der Waals surface area contributed by atoms with Gasteiger partial charge in [-0.15, -0.1) is 0 Å². The van der Waals surface area contributed by atoms with E-state index in [1.54, 1.807) is 0 Å². The van der Waals surface area contributed by atoms with Gasteiger partial charge in [0.15, 0.2) is 0 Å². The van der Waals surface area contributed by atoms with Crippen molar-refractivity contribution in [1.29, 1.82) is 0 Å². The summed E-state index contributed by atoms with van der Waals surface area (Å²) in [6, 6.07) is 75.8. The molecular weight excluding hydrogens is 801 g/mol. The summed E-state index contributed by atoms with van der Waals surface area (Å²) in [6.07, 6.45) is 0. The summed E-state index contributed by atoms with van der Waals surface area (Å²) in [5.41, 5.74) is 17.9. The third kappa shape index (κ3) is 4.67. The number of benzene rings is 10. The molecule has 0 fully saturated rings. The Morgan fingerprint density at radius 1 is 0.212 bits per heavy atom. The van der Waals surface area contributed by atoms with Gasteiger partial charge in [0.1, 0.15) is 0 Å². The molecule has 0 spiro atoms. The van der Waals surface area contributed by atoms with E-state index < -0.39 is 0 Å². The fourth-order valence-corrected chi connectivity index (χ4v) is 11.9. The number of hydrogen-bond donors (Lipinski definition) is 0. The first-order valence-electron chi connectivity index (χ1n) is 22.9. The number of fused-ring (bicyclic) bond motifs is 18. The van der Waals surface area contributed by atoms with E-state index in [1.165, 1.54) is 142 Å². The van der Waals surface area contributed by atoms with Crippen molar-refractivity contribution in [2.24, 2.45) is 14.1 Å². The van der Waals surface area contributed by atoms with Crippen LogP contribution in [0.2, 0.25) is 0 Å². The van der Waals surface area contributed by atoms with Crippen LogP contribution >= 0.6 is 0 Å². The Morgan fingerprint density at radius 3 is 1.12 bits per heavy atom. The summed E-state index contributed by atoms with van der Waals surface area (Å²) in [7, 11) is 4.32. The van der Waals surface area contributed by atoms with Crippen LogP contribution in [0.15, 0.2) is 206 Å². The second-order valence-electron chi connectivity index (χ2n) is 18.2. The van der Waals surface area contributed by atoms with Crippen LogP contribution in [0, 0.1) is 0 Å². The summed E-state index contributed by atoms with van der Waals surface area (Å²) < 4.78 is 9.49. The molecule has 4 nitrogen and oxygen atoms in total. The molecule has 0 saturated carbocycles. The largest absolute Gasteiger partial charge is 0.344 e. The zero-order valence-corrected chi connectivity index (χ0v) is 36.4. The van der Waals surface area contributed by atoms with Crippen LogP contribution in [-0.2, 0) is 14.1 Å². The minimum Gasteiger partial charge on any atom is -0.344 e. The second-order valence-corrected chi connectivity index (χ2v) is 18.2. The monoisotopic (exact) mass is 840 g/mol. The van der Waals surface area contributed by atoms with Crippen molar-refractivity contribution in [2.75, 3.05) is 0 Å². The maximum atomic E-state index is 2.45. The minimum absolute atomic E-state index is 1.25. The van der Waals surface area contributed by atoms with Gasteiger partial charge in [0, 0.05) is 101 Å². The lowest BCUT2D eigenvalue weighted by Crippen LogP contribution is -1.87. The molecule has 16 rings (SSSR count). The molecule has 0 aliphatic heterocycles. The topological polar surface area (TPSA) is 18.7 Å². The first-order valence-corrected chi connectivity index (χ1v) is 22.9. The molecule has 0 amide bonds. The van der Waals surface area contributed by atoms with Gasteiger partial charge in [-0.2, -0.15) is 0 Å². The van der Waals surface area contributed by atoms with Gasteiger partial charge in [-0.3, -0.25) is 0 Å². The second kappa shape index (κ2) is 13.0. The summed E-state index contributed by atoms with van der Waals surface area (Å²) >= 11 is 0. The predicted octanol–water partition coefficient (Wildman–Crippen LogP) is 16.3. The van der Waals surface area contributed by atoms with E-state index in [1.807, 2.05) is 0 Å². The molecule has 0 N–H and O–H groups in total. The van der Waals surface area contributed by atoms with Crippen molar-refractivity contribution < 1.29 is 0 Å². The average Bonchev–Trinajstić information content (AvgIpc) is 4.21. The van der Waals surface area contributed by atoms with E-state index in [2.05, 4.69) is 238 Å². The van der Waals surface area contributed by atoms with Gasteiger partial charge in [0.25, 0.3) is 0 Å². The van der Waals surface area contributed by atoms with Crippen molar-refractivity contribution in [3.8, 4) is 22.3 Å². The molecule has 0 radical (unpaired) electrons. The molecule has 10 aromatic carbocycles. The Bertz CT molecular complexity index is 4580. The van der Waals surface area contributed by atoms with Crippen LogP contribution in [0.4, 0.5) is 0 Å². The number of nitrogens with zero attached hydrogens (tertiary/aromatic N) is 4. The number of aryl methyl sites for hydroxylation is 2. The molecule has 66 heavy (non-hydrogen) atoms. The van der Waals surface area contributed by atoms with E-state index in [0.717, 1.165) is 0 Å². The lowest BCUT2D eigenvalue weighted by molar-refractivity contribution is 1.01. The predicted molar refractivity (Wildman–Crippen MR) is 281 cm³/mol. The van der Waals surface area contributed by atoms with Gasteiger partial charge in [-0.1, -0.05) is 140 Å². The van der Waals surface area contributed by atoms with E-state index in [9.17, 15) is 0 Å². The molecule has 4 heteroatoms. The molecule has 0 aliphatic carbocycles. The first-order chi connectivity index (χ1) is 32.6. The number of para-hydroxylation sites is 6. The van der Waals surface area contributed by atoms with Gasteiger partial charge in [-0.05, 0) is 89.0 Å². The zero-order chi connectivity index (χ0) is 43.4. The summed E-state index contributed by atoms with van der Waals surface area (Å²) in [5, 5.41) is 15.8. The Hall–Kier alpha value is -8.60. The van der Waals surface area contributed by atoms with Gasteiger partial charge in [-0.25, -0.2) is 0 Å². The van der Waals surface area contributed by atoms with Gasteiger partial charge in [0.2, 0.25) is 0 Å². The number of aromatic nitrogens is 4. The Kier molecular flexibility index (Phi) is 7.05. The maximum Gasteiger partial charge on any atom is 0.0620 e. The Morgan fingerprint density at radius 2 is 0.545 bits per heavy atom. The van der Waals surface area contributed by atoms with Crippen molar-refractivity contribution >= 4 is 120 Å². The highest BCUT2D eigenvalue weighted by Crippen LogP contribution is 2.44. The fraction of sp³-hybridized carbons (Fsp3) is 0.0323. The standard InChI is InChI=1S/2C31H20N2/c1-32-27-11-5-2-8-21(27)24-16-19(14-15-28(24)32)20-17-25-22-9-3-6-12-29(22)33-30-13-7-4-10-23(30)26(18-20)31(25)33;1-32-27-11-4-2-7-21(27)23-15-13-19(17-29(23)32)20-14-16-24-26-10-6-9-25-22-8-3-5-12-28(22)33(31(25)26)30(24)18-20/h2*2-18H,1H3. The SMILES string of the molecule is Cn1c2ccccc2c2cc(-c3cc4c5ccccc5n5c6ccccc6c(c3)c45)ccc21.Cn1c2ccccc2c2ccc(-c3ccc4c5cccc6c7ccccc7n(c4c3)c65)cc21. The molecule has 0 unspecified atom stereocenters. The number of rotatable bonds is 2. The normalized spacial score (nSPS) is 12.4. The lowest BCUT2D eigenvalue weighted by Gasteiger charge is -2.06. The fourth-order valence-electron chi connectivity index (χ4n) is 11.9. The van der Waals surface area contributed by atoms with Crippen molar-refractivity contribution in [1.82, 2.24) is 17.9 Å². The first kappa shape index (κ1) is 35.8. The third-order valence-electron chi connectivity index (χ3n) is 14.9. The van der Waals surface area contributed by atoms with E-state index in [0.29, 0.717) is 0 Å². The molecule has 0 aliphatic rings. The third-order valence-corrected chi connectivity index (χ3v) is 14.9. The molecule has 16 aromatic rings. The maximum absolute atomic E-state index is 2.45. The molecule has 308 valence electrons. The molecular formula is C62H40N4. The average molecular weight is 841 g/mol. The Balaban J connectivity index is 0.000000121. The van der Waals surface area contributed by atoms with Crippen LogP contribution in [0.25, 0.3) is 142 Å². The van der Waals surface area contributed by atoms with Crippen LogP contribution in [0.5, 0.6) is 0 Å². The van der Waals surface area contributed by atoms with Crippen LogP contribution in [0.1, 0.15) is 0 Å². The molecule has 6 heterocycles. The van der Waals surface area contributed by atoms with Gasteiger partial charge < -0.3 is 17.9 Å². The van der Waals surface area contributed by atoms with Gasteiger partial charge in [0.05, 0.1) is 33.1 Å². The number of hydrogen-bond acceptors (Lipinski definition) is 0. The summed E-state index contributed by atoms with van der Waals surface area (Å²) in [5.74, 6) is 0. The van der Waals surface area contributed by atoms with Crippen molar-refractivity contribution in [3.63, 3.8) is 0 Å². The Labute approximate surface area is 378 Å². The zero-order valence-electron chi connectivity index (χ0n) is 36.4. The highest BCUT2D eigenvalue weighted by Gasteiger charge is 2.20. The molecule has 0 atom stereocenters. The van der Waals surface area contributed by atoms with Crippen LogP contribution in [0.3, 0.4) is 0 Å². The molecule has 0 bridgehead atoms. The quantitative estimate of drug-likeness (QED) is 0.165. The highest BCUT2D eigenvalue weighted by molar-refractivity contribution is 6.25. The summed E-state index contributed by atoms with van der Waals surface area (Å²) in [6.45, 7) is 0. The van der Waals surface area contributed by atoms with Crippen LogP contribution < -0.4 is 0 Å². The summed E-state index contributed by atoms with van der Waals surface area (Å²) in [4.78, 5) is 0. The smallest absolute Gasteiger partial charge is 0.0620 e. The van der Waals surface area contributed by atoms with E-state index >= 15 is 0 Å². The van der Waals surface area contributed by atoms with Crippen LogP contribution in [-0.4, -0.2) is 17.9 Å². The van der Waals surface area contributed by atoms with Gasteiger partial charge >= 0.3 is 0 Å². The van der Waals surface area contributed by atoms with E-state index in [4.69, 9.17) is 0 Å². The van der Waals surface area contributed by atoms with E-state index in [-0.39, 0.29) is 0 Å².